The number of nitrogens with zero attached hydrogens (tertiary/aromatic N) is 1. The first kappa shape index (κ1) is 12.7. The maximum atomic E-state index is 13.6. The van der Waals surface area contributed by atoms with Gasteiger partial charge in [0.15, 0.2) is 0 Å². The van der Waals surface area contributed by atoms with Gasteiger partial charge in [0.1, 0.15) is 11.5 Å². The van der Waals surface area contributed by atoms with E-state index in [1.807, 2.05) is 0 Å². The Hall–Kier alpha value is -2.76. The quantitative estimate of drug-likeness (QED) is 0.886. The first-order valence-electron chi connectivity index (χ1n) is 5.34. The summed E-state index contributed by atoms with van der Waals surface area (Å²) in [5.41, 5.74) is -0.614. The lowest BCUT2D eigenvalue weighted by Crippen LogP contribution is -2.17. The smallest absolute Gasteiger partial charge is 0.337 e. The van der Waals surface area contributed by atoms with Gasteiger partial charge in [-0.1, -0.05) is 12.1 Å². The molecule has 1 aromatic carbocycles. The van der Waals surface area contributed by atoms with Crippen LogP contribution in [0, 0.1) is 5.82 Å². The summed E-state index contributed by atoms with van der Waals surface area (Å²) in [6.07, 6.45) is 1.41. The average molecular weight is 260 g/mol. The Morgan fingerprint density at radius 2 is 1.95 bits per heavy atom. The standard InChI is InChI=1S/C13H9FN2O3/c14-9-5-3-4-8(13(18)19)11(9)16-12(17)10-6-1-2-7-15-10/h1-7H,(H,16,17)(H,18,19). The van der Waals surface area contributed by atoms with Crippen molar-refractivity contribution in [3.63, 3.8) is 0 Å². The number of carboxylic acid groups (broad SMARTS) is 1. The Morgan fingerprint density at radius 1 is 1.16 bits per heavy atom. The molecule has 6 heteroatoms. The van der Waals surface area contributed by atoms with Gasteiger partial charge in [-0.05, 0) is 24.3 Å². The van der Waals surface area contributed by atoms with Crippen molar-refractivity contribution in [2.45, 2.75) is 0 Å². The van der Waals surface area contributed by atoms with Crippen molar-refractivity contribution in [3.05, 3.63) is 59.7 Å². The number of aromatic nitrogens is 1. The maximum Gasteiger partial charge on any atom is 0.337 e. The van der Waals surface area contributed by atoms with Crippen molar-refractivity contribution < 1.29 is 19.1 Å². The van der Waals surface area contributed by atoms with E-state index in [9.17, 15) is 14.0 Å². The fourth-order valence-corrected chi connectivity index (χ4v) is 1.50. The molecule has 2 aromatic rings. The van der Waals surface area contributed by atoms with Crippen molar-refractivity contribution >= 4 is 17.6 Å². The van der Waals surface area contributed by atoms with Gasteiger partial charge in [0.2, 0.25) is 0 Å². The minimum Gasteiger partial charge on any atom is -0.478 e. The lowest BCUT2D eigenvalue weighted by molar-refractivity contribution is 0.0697. The fraction of sp³-hybridized carbons (Fsp3) is 0. The second kappa shape index (κ2) is 5.26. The zero-order valence-electron chi connectivity index (χ0n) is 9.63. The van der Waals surface area contributed by atoms with E-state index < -0.39 is 17.7 Å². The van der Waals surface area contributed by atoms with E-state index >= 15 is 0 Å². The molecular weight excluding hydrogens is 251 g/mol. The fourth-order valence-electron chi connectivity index (χ4n) is 1.50. The molecule has 2 rings (SSSR count). The topological polar surface area (TPSA) is 79.3 Å². The summed E-state index contributed by atoms with van der Waals surface area (Å²) in [4.78, 5) is 26.6. The highest BCUT2D eigenvalue weighted by Crippen LogP contribution is 2.20. The Kier molecular flexibility index (Phi) is 3.51. The molecule has 2 N–H and O–H groups in total. The maximum absolute atomic E-state index is 13.6. The second-order valence-corrected chi connectivity index (χ2v) is 3.64. The summed E-state index contributed by atoms with van der Waals surface area (Å²) < 4.78 is 13.6. The molecule has 0 aliphatic heterocycles. The molecule has 0 unspecified atom stereocenters. The number of aromatic carboxylic acids is 1. The van der Waals surface area contributed by atoms with Crippen LogP contribution in [0.25, 0.3) is 0 Å². The van der Waals surface area contributed by atoms with E-state index in [0.717, 1.165) is 6.07 Å². The van der Waals surface area contributed by atoms with Crippen molar-refractivity contribution in [3.8, 4) is 0 Å². The summed E-state index contributed by atoms with van der Waals surface area (Å²) in [5.74, 6) is -2.81. The van der Waals surface area contributed by atoms with Crippen LogP contribution in [0.5, 0.6) is 0 Å². The third-order valence-electron chi connectivity index (χ3n) is 2.38. The summed E-state index contributed by atoms with van der Waals surface area (Å²) >= 11 is 0. The predicted octanol–water partition coefficient (Wildman–Crippen LogP) is 2.17. The number of hydrogen-bond acceptors (Lipinski definition) is 3. The SMILES string of the molecule is O=C(Nc1c(F)cccc1C(=O)O)c1ccccn1. The summed E-state index contributed by atoms with van der Waals surface area (Å²) in [6, 6.07) is 8.20. The van der Waals surface area contributed by atoms with Crippen LogP contribution in [0.15, 0.2) is 42.6 Å². The zero-order valence-corrected chi connectivity index (χ0v) is 9.63. The molecule has 0 saturated carbocycles. The highest BCUT2D eigenvalue weighted by Gasteiger charge is 2.17. The predicted molar refractivity (Wildman–Crippen MR) is 65.5 cm³/mol. The molecule has 0 aliphatic carbocycles. The Morgan fingerprint density at radius 3 is 2.58 bits per heavy atom. The summed E-state index contributed by atoms with van der Waals surface area (Å²) in [7, 11) is 0. The van der Waals surface area contributed by atoms with E-state index in [0.29, 0.717) is 0 Å². The van der Waals surface area contributed by atoms with Crippen molar-refractivity contribution in [1.82, 2.24) is 4.98 Å². The minimum absolute atomic E-state index is 0.0714. The van der Waals surface area contributed by atoms with E-state index in [1.54, 1.807) is 12.1 Å². The van der Waals surface area contributed by atoms with Crippen LogP contribution < -0.4 is 5.32 Å². The highest BCUT2D eigenvalue weighted by atomic mass is 19.1. The molecule has 1 heterocycles. The van der Waals surface area contributed by atoms with Gasteiger partial charge < -0.3 is 10.4 Å². The molecule has 0 saturated heterocycles. The van der Waals surface area contributed by atoms with Gasteiger partial charge in [0.25, 0.3) is 5.91 Å². The largest absolute Gasteiger partial charge is 0.478 e. The lowest BCUT2D eigenvalue weighted by Gasteiger charge is -2.08. The first-order valence-corrected chi connectivity index (χ1v) is 5.34. The van der Waals surface area contributed by atoms with E-state index in [1.165, 1.54) is 24.4 Å². The number of carbonyl (C=O) groups is 2. The van der Waals surface area contributed by atoms with Crippen LogP contribution in [0.2, 0.25) is 0 Å². The van der Waals surface area contributed by atoms with Crippen LogP contribution in [0.1, 0.15) is 20.8 Å². The number of carboxylic acids is 1. The van der Waals surface area contributed by atoms with Crippen molar-refractivity contribution in [1.29, 1.82) is 0 Å². The number of halogens is 1. The Bertz CT molecular complexity index is 629. The monoisotopic (exact) mass is 260 g/mol. The molecule has 96 valence electrons. The Balaban J connectivity index is 2.34. The molecular formula is C13H9FN2O3. The third kappa shape index (κ3) is 2.74. The van der Waals surface area contributed by atoms with Crippen LogP contribution >= 0.6 is 0 Å². The third-order valence-corrected chi connectivity index (χ3v) is 2.38. The molecule has 19 heavy (non-hydrogen) atoms. The summed E-state index contributed by atoms with van der Waals surface area (Å²) in [6.45, 7) is 0. The number of amides is 1. The van der Waals surface area contributed by atoms with Crippen LogP contribution in [0.3, 0.4) is 0 Å². The normalized spacial score (nSPS) is 9.95. The van der Waals surface area contributed by atoms with E-state index in [4.69, 9.17) is 5.11 Å². The molecule has 5 nitrogen and oxygen atoms in total. The summed E-state index contributed by atoms with van der Waals surface area (Å²) in [5, 5.41) is 11.2. The number of rotatable bonds is 3. The zero-order chi connectivity index (χ0) is 13.8. The van der Waals surface area contributed by atoms with Gasteiger partial charge >= 0.3 is 5.97 Å². The molecule has 1 amide bonds. The van der Waals surface area contributed by atoms with Gasteiger partial charge in [-0.3, -0.25) is 9.78 Å². The lowest BCUT2D eigenvalue weighted by atomic mass is 10.1. The second-order valence-electron chi connectivity index (χ2n) is 3.64. The molecule has 0 atom stereocenters. The van der Waals surface area contributed by atoms with Crippen molar-refractivity contribution in [2.75, 3.05) is 5.32 Å². The number of para-hydroxylation sites is 1. The van der Waals surface area contributed by atoms with Crippen LogP contribution in [-0.2, 0) is 0 Å². The van der Waals surface area contributed by atoms with Crippen LogP contribution in [0.4, 0.5) is 10.1 Å². The van der Waals surface area contributed by atoms with Crippen molar-refractivity contribution in [2.24, 2.45) is 0 Å². The minimum atomic E-state index is -1.32. The number of benzene rings is 1. The molecule has 0 bridgehead atoms. The molecule has 1 aromatic heterocycles. The van der Waals surface area contributed by atoms with E-state index in [2.05, 4.69) is 10.3 Å². The number of carbonyl (C=O) groups excluding carboxylic acids is 1. The van der Waals surface area contributed by atoms with Gasteiger partial charge in [-0.25, -0.2) is 9.18 Å². The molecule has 0 fully saturated rings. The molecule has 0 radical (unpaired) electrons. The van der Waals surface area contributed by atoms with Gasteiger partial charge in [-0.2, -0.15) is 0 Å². The first-order chi connectivity index (χ1) is 9.09. The van der Waals surface area contributed by atoms with Gasteiger partial charge in [0, 0.05) is 6.20 Å². The average Bonchev–Trinajstić information content (AvgIpc) is 2.41. The Labute approximate surface area is 107 Å². The molecule has 0 aliphatic rings. The highest BCUT2D eigenvalue weighted by molar-refractivity contribution is 6.06. The molecule has 0 spiro atoms. The number of anilines is 1. The number of hydrogen-bond donors (Lipinski definition) is 2. The van der Waals surface area contributed by atoms with Gasteiger partial charge in [0.05, 0.1) is 11.3 Å². The van der Waals surface area contributed by atoms with Gasteiger partial charge in [-0.15, -0.1) is 0 Å². The number of nitrogens with one attached hydrogen (secondary N) is 1. The van der Waals surface area contributed by atoms with Crippen LogP contribution in [-0.4, -0.2) is 22.0 Å². The number of pyridine rings is 1. The van der Waals surface area contributed by atoms with E-state index in [-0.39, 0.29) is 16.9 Å².